The van der Waals surface area contributed by atoms with Crippen molar-refractivity contribution in [2.24, 2.45) is 0 Å². The van der Waals surface area contributed by atoms with E-state index in [-0.39, 0.29) is 5.91 Å². The number of hydrogen-bond donors (Lipinski definition) is 1. The number of nitrogens with zero attached hydrogens (tertiary/aromatic N) is 3. The van der Waals surface area contributed by atoms with Gasteiger partial charge in [-0.25, -0.2) is 0 Å². The first-order chi connectivity index (χ1) is 18.0. The fourth-order valence-corrected chi connectivity index (χ4v) is 4.75. The number of aryl methyl sites for hydroxylation is 1. The van der Waals surface area contributed by atoms with E-state index in [0.29, 0.717) is 21.7 Å². The van der Waals surface area contributed by atoms with Gasteiger partial charge in [-0.3, -0.25) is 4.79 Å². The molecular weight excluding hydrogens is 480 g/mol. The van der Waals surface area contributed by atoms with Gasteiger partial charge >= 0.3 is 0 Å². The van der Waals surface area contributed by atoms with Crippen molar-refractivity contribution < 1.29 is 4.79 Å². The third-order valence-corrected chi connectivity index (χ3v) is 7.17. The van der Waals surface area contributed by atoms with Gasteiger partial charge in [-0.15, -0.1) is 10.2 Å². The topological polar surface area (TPSA) is 59.8 Å². The van der Waals surface area contributed by atoms with Gasteiger partial charge in [0.2, 0.25) is 5.91 Å². The minimum atomic E-state index is -0.919. The second kappa shape index (κ2) is 10.6. The molecule has 0 saturated heterocycles. The van der Waals surface area contributed by atoms with Crippen LogP contribution in [0.5, 0.6) is 0 Å². The molecule has 0 saturated carbocycles. The summed E-state index contributed by atoms with van der Waals surface area (Å²) in [6.07, 6.45) is 3.40. The molecule has 0 unspecified atom stereocenters. The van der Waals surface area contributed by atoms with Crippen LogP contribution in [0.25, 0.3) is 16.7 Å². The molecule has 6 heteroatoms. The number of carbonyl (C=O) groups is 1. The van der Waals surface area contributed by atoms with E-state index in [1.165, 1.54) is 18.4 Å². The van der Waals surface area contributed by atoms with Crippen LogP contribution in [0, 0.1) is 0 Å². The van der Waals surface area contributed by atoms with Crippen LogP contribution in [0.2, 0.25) is 5.02 Å². The molecule has 0 atom stereocenters. The summed E-state index contributed by atoms with van der Waals surface area (Å²) in [4.78, 5) is 15.5. The molecule has 5 nitrogen and oxygen atoms in total. The summed E-state index contributed by atoms with van der Waals surface area (Å²) < 4.78 is 0. The molecule has 0 spiro atoms. The van der Waals surface area contributed by atoms with Crippen molar-refractivity contribution in [1.29, 1.82) is 0 Å². The lowest BCUT2D eigenvalue weighted by atomic mass is 9.75. The van der Waals surface area contributed by atoms with Gasteiger partial charge in [0.15, 0.2) is 0 Å². The monoisotopic (exact) mass is 508 g/mol. The SMILES string of the molecule is CCCCc1ccc(-n2nc3cc(Cl)c(NC(=O)C(C)(c4ccccc4)c4ccccc4)cc3n2)cc1. The molecule has 0 bridgehead atoms. The number of amides is 1. The Morgan fingerprint density at radius 2 is 1.43 bits per heavy atom. The fraction of sp³-hybridized carbons (Fsp3) is 0.194. The normalized spacial score (nSPS) is 11.5. The first-order valence-electron chi connectivity index (χ1n) is 12.6. The minimum absolute atomic E-state index is 0.179. The third kappa shape index (κ3) is 5.00. The molecule has 0 aliphatic heterocycles. The van der Waals surface area contributed by atoms with Crippen LogP contribution < -0.4 is 5.32 Å². The van der Waals surface area contributed by atoms with Crippen molar-refractivity contribution in [2.75, 3.05) is 5.32 Å². The quantitative estimate of drug-likeness (QED) is 0.238. The van der Waals surface area contributed by atoms with Crippen LogP contribution >= 0.6 is 11.6 Å². The number of nitrogens with one attached hydrogen (secondary N) is 1. The van der Waals surface area contributed by atoms with E-state index < -0.39 is 5.41 Å². The third-order valence-electron chi connectivity index (χ3n) is 6.86. The van der Waals surface area contributed by atoms with E-state index in [1.54, 1.807) is 16.9 Å². The number of benzene rings is 4. The number of rotatable bonds is 8. The Hall–Kier alpha value is -3.96. The highest BCUT2D eigenvalue weighted by Gasteiger charge is 2.37. The van der Waals surface area contributed by atoms with Crippen LogP contribution in [0.3, 0.4) is 0 Å². The van der Waals surface area contributed by atoms with Crippen molar-refractivity contribution in [3.8, 4) is 5.69 Å². The van der Waals surface area contributed by atoms with E-state index in [0.717, 1.165) is 23.2 Å². The Balaban J connectivity index is 1.46. The Morgan fingerprint density at radius 3 is 2.00 bits per heavy atom. The van der Waals surface area contributed by atoms with E-state index >= 15 is 0 Å². The van der Waals surface area contributed by atoms with Crippen molar-refractivity contribution >= 4 is 34.2 Å². The maximum atomic E-state index is 13.8. The maximum Gasteiger partial charge on any atom is 0.239 e. The lowest BCUT2D eigenvalue weighted by Crippen LogP contribution is -2.38. The van der Waals surface area contributed by atoms with E-state index in [4.69, 9.17) is 11.6 Å². The van der Waals surface area contributed by atoms with Gasteiger partial charge in [-0.1, -0.05) is 97.7 Å². The molecule has 1 heterocycles. The standard InChI is InChI=1S/C31H29ClN4O/c1-3-4-11-22-16-18-25(19-17-22)36-34-28-20-26(32)27(21-29(28)35-36)33-30(37)31(2,23-12-7-5-8-13-23)24-14-9-6-10-15-24/h5-10,12-21H,3-4,11H2,1-2H3,(H,33,37). The van der Waals surface area contributed by atoms with Crippen LogP contribution in [0.4, 0.5) is 5.69 Å². The highest BCUT2D eigenvalue weighted by atomic mass is 35.5. The van der Waals surface area contributed by atoms with Crippen molar-refractivity contribution in [1.82, 2.24) is 15.0 Å². The molecule has 1 aromatic heterocycles. The molecular formula is C31H29ClN4O. The zero-order valence-electron chi connectivity index (χ0n) is 21.0. The Kier molecular flexibility index (Phi) is 7.06. The summed E-state index contributed by atoms with van der Waals surface area (Å²) in [6, 6.07) is 31.3. The molecule has 1 N–H and O–H groups in total. The molecule has 0 aliphatic carbocycles. The summed E-state index contributed by atoms with van der Waals surface area (Å²) in [7, 11) is 0. The van der Waals surface area contributed by atoms with Crippen molar-refractivity contribution in [3.63, 3.8) is 0 Å². The van der Waals surface area contributed by atoms with Crippen LogP contribution in [0.15, 0.2) is 97.1 Å². The van der Waals surface area contributed by atoms with Crippen molar-refractivity contribution in [2.45, 2.75) is 38.5 Å². The summed E-state index contributed by atoms with van der Waals surface area (Å²) in [5, 5.41) is 12.7. The highest BCUT2D eigenvalue weighted by Crippen LogP contribution is 2.35. The summed E-state index contributed by atoms with van der Waals surface area (Å²) in [5.74, 6) is -0.179. The number of hydrogen-bond acceptors (Lipinski definition) is 3. The number of fused-ring (bicyclic) bond motifs is 1. The second-order valence-corrected chi connectivity index (χ2v) is 9.80. The lowest BCUT2D eigenvalue weighted by molar-refractivity contribution is -0.119. The summed E-state index contributed by atoms with van der Waals surface area (Å²) in [6.45, 7) is 4.12. The number of unbranched alkanes of at least 4 members (excludes halogenated alkanes) is 1. The molecule has 1 amide bonds. The number of halogens is 1. The lowest BCUT2D eigenvalue weighted by Gasteiger charge is -2.30. The first-order valence-corrected chi connectivity index (χ1v) is 12.9. The number of anilines is 1. The smallest absolute Gasteiger partial charge is 0.239 e. The molecule has 5 rings (SSSR count). The number of aromatic nitrogens is 3. The van der Waals surface area contributed by atoms with Gasteiger partial charge in [0.25, 0.3) is 0 Å². The fourth-order valence-electron chi connectivity index (χ4n) is 4.55. The largest absolute Gasteiger partial charge is 0.324 e. The summed E-state index contributed by atoms with van der Waals surface area (Å²) in [5.41, 5.74) is 4.85. The first kappa shape index (κ1) is 24.7. The molecule has 37 heavy (non-hydrogen) atoms. The van der Waals surface area contributed by atoms with Gasteiger partial charge in [-0.2, -0.15) is 4.80 Å². The van der Waals surface area contributed by atoms with Gasteiger partial charge in [-0.05, 0) is 60.7 Å². The van der Waals surface area contributed by atoms with E-state index in [1.807, 2.05) is 79.7 Å². The van der Waals surface area contributed by atoms with E-state index in [2.05, 4.69) is 34.6 Å². The predicted octanol–water partition coefficient (Wildman–Crippen LogP) is 7.36. The molecule has 186 valence electrons. The van der Waals surface area contributed by atoms with E-state index in [9.17, 15) is 4.79 Å². The molecule has 0 fully saturated rings. The Bertz CT molecular complexity index is 1470. The predicted molar refractivity (Wildman–Crippen MR) is 150 cm³/mol. The minimum Gasteiger partial charge on any atom is -0.324 e. The van der Waals surface area contributed by atoms with Gasteiger partial charge < -0.3 is 5.32 Å². The maximum absolute atomic E-state index is 13.8. The van der Waals surface area contributed by atoms with Crippen LogP contribution in [-0.4, -0.2) is 20.9 Å². The number of carbonyl (C=O) groups excluding carboxylic acids is 1. The van der Waals surface area contributed by atoms with Crippen molar-refractivity contribution in [3.05, 3.63) is 119 Å². The highest BCUT2D eigenvalue weighted by molar-refractivity contribution is 6.34. The Labute approximate surface area is 222 Å². The summed E-state index contributed by atoms with van der Waals surface area (Å²) >= 11 is 6.62. The van der Waals surface area contributed by atoms with Crippen LogP contribution in [-0.2, 0) is 16.6 Å². The van der Waals surface area contributed by atoms with Gasteiger partial charge in [0.05, 0.1) is 21.8 Å². The molecule has 0 aliphatic rings. The molecule has 0 radical (unpaired) electrons. The van der Waals surface area contributed by atoms with Gasteiger partial charge in [0, 0.05) is 0 Å². The average molecular weight is 509 g/mol. The van der Waals surface area contributed by atoms with Gasteiger partial charge in [0.1, 0.15) is 11.0 Å². The zero-order chi connectivity index (χ0) is 25.8. The zero-order valence-corrected chi connectivity index (χ0v) is 21.7. The van der Waals surface area contributed by atoms with Crippen LogP contribution in [0.1, 0.15) is 43.4 Å². The second-order valence-electron chi connectivity index (χ2n) is 9.39. The average Bonchev–Trinajstić information content (AvgIpc) is 3.35. The molecule has 5 aromatic rings. The molecule has 4 aromatic carbocycles. The Morgan fingerprint density at radius 1 is 0.865 bits per heavy atom.